The van der Waals surface area contributed by atoms with Crippen LogP contribution in [0.3, 0.4) is 0 Å². The average molecular weight is 756 g/mol. The van der Waals surface area contributed by atoms with Crippen molar-refractivity contribution in [3.05, 3.63) is 34.7 Å². The summed E-state index contributed by atoms with van der Waals surface area (Å²) in [6.07, 6.45) is 3.73. The number of fused-ring (bicyclic) bond motifs is 6. The van der Waals surface area contributed by atoms with Crippen LogP contribution < -0.4 is 0 Å². The standard InChI is InChI=1S/C40H57N3O11/c1-19-11-24-5-7-28-20(2)12-26(47-28)9-10-40-17-33-36(53-40)37-38(52-33)39(54-40)35-29(51-37)8-6-25(49-35)13-22(44)14-27-31(16-30(48-24)21(19)3)50-32(34(27)46-4)15-23(45)18-42-43-41/h19,23-39,45H,2-3,5-18H2,1,4H3/t19-,23+,24+,25-,26-,27+,28+,29+,30-,31+,32-,33-,34-,35+,36+,37+,38-,39-,40-/m1/s1. The molecule has 19 atom stereocenters. The number of aliphatic hydroxyl groups is 1. The summed E-state index contributed by atoms with van der Waals surface area (Å²) in [6.45, 7) is 11.0. The fourth-order valence-corrected chi connectivity index (χ4v) is 11.4. The first-order chi connectivity index (χ1) is 26.1. The van der Waals surface area contributed by atoms with Gasteiger partial charge in [-0.15, -0.1) is 0 Å². The number of Topliss-reactive ketones (excluding diaryl/α,β-unsaturated/α-hetero) is 1. The molecule has 54 heavy (non-hydrogen) atoms. The first-order valence-electron chi connectivity index (χ1n) is 20.5. The lowest BCUT2D eigenvalue weighted by molar-refractivity contribution is -0.292. The molecule has 0 aliphatic carbocycles. The Bertz CT molecular complexity index is 1510. The lowest BCUT2D eigenvalue weighted by atomic mass is 9.81. The van der Waals surface area contributed by atoms with Crippen LogP contribution in [0.2, 0.25) is 0 Å². The molecule has 0 aromatic rings. The minimum Gasteiger partial charge on any atom is -0.393 e. The number of methoxy groups -OCH3 is 1. The monoisotopic (exact) mass is 755 g/mol. The van der Waals surface area contributed by atoms with Gasteiger partial charge in [0.15, 0.2) is 5.79 Å². The molecule has 298 valence electrons. The first-order valence-corrected chi connectivity index (χ1v) is 20.5. The number of carbonyl (C=O) groups excluding carboxylic acids is 1. The van der Waals surface area contributed by atoms with Crippen LogP contribution in [-0.2, 0) is 47.4 Å². The van der Waals surface area contributed by atoms with Crippen LogP contribution in [-0.4, -0.2) is 128 Å². The van der Waals surface area contributed by atoms with E-state index in [0.717, 1.165) is 49.7 Å². The van der Waals surface area contributed by atoms with E-state index in [1.54, 1.807) is 7.11 Å². The van der Waals surface area contributed by atoms with Gasteiger partial charge in [0, 0.05) is 56.5 Å². The van der Waals surface area contributed by atoms with Crippen LogP contribution in [0.5, 0.6) is 0 Å². The molecule has 1 N–H and O–H groups in total. The van der Waals surface area contributed by atoms with Crippen LogP contribution in [0.25, 0.3) is 10.4 Å². The van der Waals surface area contributed by atoms with Gasteiger partial charge in [0.1, 0.15) is 36.3 Å². The normalized spacial score (nSPS) is 50.6. The summed E-state index contributed by atoms with van der Waals surface area (Å²) in [6, 6.07) is 0. The zero-order valence-corrected chi connectivity index (χ0v) is 31.6. The topological polar surface area (TPSA) is 169 Å². The molecule has 0 radical (unpaired) electrons. The molecule has 10 aliphatic heterocycles. The van der Waals surface area contributed by atoms with Gasteiger partial charge in [0.25, 0.3) is 0 Å². The molecule has 0 saturated carbocycles. The highest BCUT2D eigenvalue weighted by Gasteiger charge is 2.68. The maximum Gasteiger partial charge on any atom is 0.172 e. The number of aliphatic hydroxyl groups excluding tert-OH is 1. The Kier molecular flexibility index (Phi) is 10.5. The molecular weight excluding hydrogens is 698 g/mol. The highest BCUT2D eigenvalue weighted by atomic mass is 16.8. The van der Waals surface area contributed by atoms with Gasteiger partial charge in [0.05, 0.1) is 73.7 Å². The second kappa shape index (κ2) is 15.1. The summed E-state index contributed by atoms with van der Waals surface area (Å²) < 4.78 is 60.0. The molecule has 10 fully saturated rings. The van der Waals surface area contributed by atoms with E-state index in [9.17, 15) is 9.90 Å². The van der Waals surface area contributed by atoms with Crippen molar-refractivity contribution in [1.29, 1.82) is 0 Å². The van der Waals surface area contributed by atoms with Crippen LogP contribution in [0.1, 0.15) is 90.4 Å². The molecule has 0 unspecified atom stereocenters. The second-order valence-electron chi connectivity index (χ2n) is 17.6. The van der Waals surface area contributed by atoms with E-state index in [2.05, 4.69) is 30.1 Å². The van der Waals surface area contributed by atoms with Crippen molar-refractivity contribution in [2.45, 2.75) is 194 Å². The summed E-state index contributed by atoms with van der Waals surface area (Å²) in [4.78, 5) is 16.9. The molecule has 12 bridgehead atoms. The van der Waals surface area contributed by atoms with Crippen LogP contribution in [0.4, 0.5) is 0 Å². The van der Waals surface area contributed by atoms with E-state index >= 15 is 0 Å². The smallest absolute Gasteiger partial charge is 0.172 e. The molecule has 14 heteroatoms. The van der Waals surface area contributed by atoms with Crippen LogP contribution >= 0.6 is 0 Å². The molecule has 0 aromatic carbocycles. The molecule has 14 nitrogen and oxygen atoms in total. The number of hydrogen-bond donors (Lipinski definition) is 1. The molecule has 10 saturated heterocycles. The third-order valence-electron chi connectivity index (χ3n) is 14.1. The molecule has 0 amide bonds. The van der Waals surface area contributed by atoms with Gasteiger partial charge in [-0.3, -0.25) is 4.79 Å². The van der Waals surface area contributed by atoms with E-state index in [0.29, 0.717) is 25.7 Å². The SMILES string of the molecule is C=C1C[C@H]2CC[C@]34C[C@H]5O[C@@H]6[C@@H](O[C@H]7CC[C@H](CC(=O)C[C@@H]8[C@@H](OC)[C@@H](C[C@H](O)CN=[N+]=[N-])O[C@H]8C[C@H]8O[C@@H](CC[C@@H]1O2)C[C@@H](C)C8=C)O[C@@H]7[C@H]6O3)[C@H]5O4. The summed E-state index contributed by atoms with van der Waals surface area (Å²) >= 11 is 0. The maximum absolute atomic E-state index is 14.1. The van der Waals surface area contributed by atoms with Crippen molar-refractivity contribution in [3.8, 4) is 0 Å². The van der Waals surface area contributed by atoms with Gasteiger partial charge in [-0.1, -0.05) is 25.2 Å². The van der Waals surface area contributed by atoms with Crippen LogP contribution in [0, 0.1) is 11.8 Å². The largest absolute Gasteiger partial charge is 0.393 e. The van der Waals surface area contributed by atoms with Gasteiger partial charge in [-0.25, -0.2) is 0 Å². The Balaban J connectivity index is 0.988. The number of ether oxygens (including phenoxy) is 9. The Morgan fingerprint density at radius 1 is 0.852 bits per heavy atom. The van der Waals surface area contributed by atoms with E-state index in [4.69, 9.17) is 48.2 Å². The number of carbonyl (C=O) groups is 1. The van der Waals surface area contributed by atoms with E-state index < -0.39 is 24.1 Å². The predicted molar refractivity (Wildman–Crippen MR) is 191 cm³/mol. The van der Waals surface area contributed by atoms with Crippen molar-refractivity contribution in [1.82, 2.24) is 0 Å². The number of nitrogens with zero attached hydrogens (tertiary/aromatic N) is 3. The second-order valence-corrected chi connectivity index (χ2v) is 17.6. The van der Waals surface area contributed by atoms with Crippen molar-refractivity contribution < 1.29 is 52.5 Å². The van der Waals surface area contributed by atoms with Gasteiger partial charge in [0.2, 0.25) is 0 Å². The highest BCUT2D eigenvalue weighted by Crippen LogP contribution is 2.54. The first kappa shape index (κ1) is 37.6. The zero-order valence-electron chi connectivity index (χ0n) is 31.6. The van der Waals surface area contributed by atoms with Gasteiger partial charge < -0.3 is 47.7 Å². The Hall–Kier alpha value is -1.94. The Morgan fingerprint density at radius 2 is 1.61 bits per heavy atom. The predicted octanol–water partition coefficient (Wildman–Crippen LogP) is 4.79. The zero-order chi connectivity index (χ0) is 37.3. The third kappa shape index (κ3) is 7.01. The minimum absolute atomic E-state index is 0.0142. The summed E-state index contributed by atoms with van der Waals surface area (Å²) in [5.74, 6) is -0.767. The van der Waals surface area contributed by atoms with Gasteiger partial charge in [-0.2, -0.15) is 0 Å². The Labute approximate surface area is 317 Å². The fourth-order valence-electron chi connectivity index (χ4n) is 11.4. The summed E-state index contributed by atoms with van der Waals surface area (Å²) in [5, 5.41) is 14.3. The molecule has 10 rings (SSSR count). The Morgan fingerprint density at radius 3 is 2.44 bits per heavy atom. The molecule has 1 spiro atoms. The van der Waals surface area contributed by atoms with Gasteiger partial charge >= 0.3 is 0 Å². The summed E-state index contributed by atoms with van der Waals surface area (Å²) in [5.41, 5.74) is 11.0. The third-order valence-corrected chi connectivity index (χ3v) is 14.1. The number of rotatable bonds is 5. The molecule has 10 heterocycles. The number of ketones is 1. The fraction of sp³-hybridized carbons (Fsp3) is 0.875. The minimum atomic E-state index is -0.908. The van der Waals surface area contributed by atoms with Crippen molar-refractivity contribution in [2.75, 3.05) is 13.7 Å². The van der Waals surface area contributed by atoms with Crippen molar-refractivity contribution in [3.63, 3.8) is 0 Å². The number of azide groups is 1. The molecular formula is C40H57N3O11. The van der Waals surface area contributed by atoms with E-state index in [1.165, 1.54) is 0 Å². The van der Waals surface area contributed by atoms with Crippen molar-refractivity contribution >= 4 is 5.78 Å². The van der Waals surface area contributed by atoms with Crippen LogP contribution in [0.15, 0.2) is 29.4 Å². The van der Waals surface area contributed by atoms with Crippen molar-refractivity contribution in [2.24, 2.45) is 17.0 Å². The van der Waals surface area contributed by atoms with E-state index in [1.807, 2.05) is 0 Å². The highest BCUT2D eigenvalue weighted by molar-refractivity contribution is 5.79. The number of hydrogen-bond acceptors (Lipinski definition) is 12. The lowest BCUT2D eigenvalue weighted by Gasteiger charge is -2.47. The molecule has 10 aliphatic rings. The lowest BCUT2D eigenvalue weighted by Crippen LogP contribution is -2.61. The molecule has 0 aromatic heterocycles. The van der Waals surface area contributed by atoms with E-state index in [-0.39, 0.29) is 123 Å². The van der Waals surface area contributed by atoms with Gasteiger partial charge in [-0.05, 0) is 67.5 Å². The average Bonchev–Trinajstić information content (AvgIpc) is 3.82. The summed E-state index contributed by atoms with van der Waals surface area (Å²) in [7, 11) is 1.62. The maximum atomic E-state index is 14.1. The quantitative estimate of drug-likeness (QED) is 0.177.